The van der Waals surface area contributed by atoms with Crippen LogP contribution >= 0.6 is 0 Å². The molecule has 0 aliphatic heterocycles. The minimum atomic E-state index is -0.833. The van der Waals surface area contributed by atoms with Crippen molar-refractivity contribution < 1.29 is 18.9 Å². The van der Waals surface area contributed by atoms with Gasteiger partial charge in [0.2, 0.25) is 0 Å². The summed E-state index contributed by atoms with van der Waals surface area (Å²) in [6.45, 7) is 1.64. The lowest BCUT2D eigenvalue weighted by atomic mass is 10.2. The first-order chi connectivity index (χ1) is 11.7. The van der Waals surface area contributed by atoms with E-state index >= 15 is 0 Å². The fraction of sp³-hybridized carbons (Fsp3) is 0.0667. The van der Waals surface area contributed by atoms with Crippen molar-refractivity contribution >= 4 is 29.1 Å². The van der Waals surface area contributed by atoms with E-state index in [9.17, 15) is 19.3 Å². The van der Waals surface area contributed by atoms with Crippen molar-refractivity contribution in [2.45, 2.75) is 6.92 Å². The van der Waals surface area contributed by atoms with E-state index in [1.807, 2.05) is 0 Å². The molecule has 2 rings (SSSR count). The van der Waals surface area contributed by atoms with Gasteiger partial charge in [0, 0.05) is 23.5 Å². The number of amides is 4. The summed E-state index contributed by atoms with van der Waals surface area (Å²) in [5, 5.41) is 15.7. The van der Waals surface area contributed by atoms with Crippen LogP contribution < -0.4 is 22.1 Å². The predicted molar refractivity (Wildman–Crippen MR) is 90.6 cm³/mol. The highest BCUT2D eigenvalue weighted by Crippen LogP contribution is 2.21. The Balaban J connectivity index is 0.000000705. The van der Waals surface area contributed by atoms with Crippen LogP contribution in [0, 0.1) is 22.9 Å². The van der Waals surface area contributed by atoms with Crippen LogP contribution in [0.15, 0.2) is 42.5 Å². The fourth-order valence-electron chi connectivity index (χ4n) is 1.75. The van der Waals surface area contributed by atoms with Crippen molar-refractivity contribution in [3.8, 4) is 0 Å². The van der Waals surface area contributed by atoms with Crippen molar-refractivity contribution in [2.75, 3.05) is 10.6 Å². The largest absolute Gasteiger partial charge is 0.352 e. The van der Waals surface area contributed by atoms with E-state index in [0.29, 0.717) is 16.9 Å². The smallest absolute Gasteiger partial charge is 0.323 e. The number of rotatable bonds is 3. The molecular formula is C15H16FN5O4. The Hall–Kier alpha value is -3.69. The Morgan fingerprint density at radius 3 is 2.28 bits per heavy atom. The second kappa shape index (κ2) is 8.82. The molecule has 0 aliphatic rings. The van der Waals surface area contributed by atoms with Gasteiger partial charge in [-0.25, -0.2) is 14.0 Å². The molecule has 0 saturated carbocycles. The van der Waals surface area contributed by atoms with Crippen molar-refractivity contribution in [2.24, 2.45) is 11.5 Å². The third-order valence-electron chi connectivity index (χ3n) is 2.75. The summed E-state index contributed by atoms with van der Waals surface area (Å²) in [6, 6.07) is 8.18. The molecule has 10 heteroatoms. The molecule has 2 aromatic carbocycles. The van der Waals surface area contributed by atoms with Crippen LogP contribution in [0.2, 0.25) is 0 Å². The highest BCUT2D eigenvalue weighted by molar-refractivity contribution is 6.00. The summed E-state index contributed by atoms with van der Waals surface area (Å²) in [5.41, 5.74) is 9.75. The third-order valence-corrected chi connectivity index (χ3v) is 2.75. The molecule has 0 atom stereocenters. The number of nitrogens with two attached hydrogens (primary N) is 2. The number of nitro groups is 1. The molecule has 0 fully saturated rings. The first kappa shape index (κ1) is 19.4. The van der Waals surface area contributed by atoms with Gasteiger partial charge in [0.25, 0.3) is 5.69 Å². The van der Waals surface area contributed by atoms with E-state index in [-0.39, 0.29) is 5.69 Å². The van der Waals surface area contributed by atoms with Crippen LogP contribution in [-0.2, 0) is 0 Å². The fourth-order valence-corrected chi connectivity index (χ4v) is 1.75. The van der Waals surface area contributed by atoms with Crippen molar-refractivity contribution in [3.05, 3.63) is 64.0 Å². The average Bonchev–Trinajstić information content (AvgIpc) is 2.48. The summed E-state index contributed by atoms with van der Waals surface area (Å²) in [4.78, 5) is 30.9. The normalized spacial score (nSPS) is 9.36. The van der Waals surface area contributed by atoms with Crippen LogP contribution in [0.5, 0.6) is 0 Å². The number of urea groups is 2. The Morgan fingerprint density at radius 1 is 1.12 bits per heavy atom. The number of carbonyl (C=O) groups excluding carboxylic acids is 2. The standard InChI is InChI=1S/C14H12FN3O3.CH4N2O/c1-9-7-12(18(20)21)5-6-13(9)17-14(19)16-11-4-2-3-10(15)8-11;2-1(3)4/h2-8H,1H3,(H2,16,17,19);(H4,2,3,4). The molecule has 0 bridgehead atoms. The van der Waals surface area contributed by atoms with Gasteiger partial charge < -0.3 is 22.1 Å². The Bertz CT molecular complexity index is 793. The molecule has 0 aromatic heterocycles. The molecular weight excluding hydrogens is 333 g/mol. The summed E-state index contributed by atoms with van der Waals surface area (Å²) >= 11 is 0. The Labute approximate surface area is 142 Å². The summed E-state index contributed by atoms with van der Waals surface area (Å²) in [6.07, 6.45) is 0. The number of carbonyl (C=O) groups is 2. The van der Waals surface area contributed by atoms with Gasteiger partial charge in [-0.2, -0.15) is 0 Å². The number of hydrogen-bond acceptors (Lipinski definition) is 4. The minimum absolute atomic E-state index is 0.0522. The van der Waals surface area contributed by atoms with Crippen LogP contribution in [0.25, 0.3) is 0 Å². The van der Waals surface area contributed by atoms with E-state index < -0.39 is 22.8 Å². The van der Waals surface area contributed by atoms with Gasteiger partial charge in [-0.15, -0.1) is 0 Å². The highest BCUT2D eigenvalue weighted by Gasteiger charge is 2.10. The number of benzene rings is 2. The molecule has 132 valence electrons. The van der Waals surface area contributed by atoms with Gasteiger partial charge in [-0.1, -0.05) is 6.07 Å². The molecule has 0 radical (unpaired) electrons. The number of nitrogens with one attached hydrogen (secondary N) is 2. The molecule has 0 saturated heterocycles. The molecule has 0 aliphatic carbocycles. The minimum Gasteiger partial charge on any atom is -0.352 e. The van der Waals surface area contributed by atoms with E-state index in [4.69, 9.17) is 4.79 Å². The SMILES string of the molecule is Cc1cc([N+](=O)[O-])ccc1NC(=O)Nc1cccc(F)c1.NC(N)=O. The molecule has 9 nitrogen and oxygen atoms in total. The van der Waals surface area contributed by atoms with Gasteiger partial charge in [-0.3, -0.25) is 10.1 Å². The zero-order valence-electron chi connectivity index (χ0n) is 13.2. The molecule has 0 spiro atoms. The van der Waals surface area contributed by atoms with Crippen LogP contribution in [0.4, 0.5) is 31.0 Å². The van der Waals surface area contributed by atoms with Crippen LogP contribution in [0.3, 0.4) is 0 Å². The highest BCUT2D eigenvalue weighted by atomic mass is 19.1. The summed E-state index contributed by atoms with van der Waals surface area (Å²) < 4.78 is 13.0. The molecule has 25 heavy (non-hydrogen) atoms. The number of primary amides is 2. The maximum atomic E-state index is 13.0. The van der Waals surface area contributed by atoms with Crippen molar-refractivity contribution in [3.63, 3.8) is 0 Å². The number of non-ortho nitro benzene ring substituents is 1. The second-order valence-electron chi connectivity index (χ2n) is 4.75. The van der Waals surface area contributed by atoms with E-state index in [0.717, 1.165) is 0 Å². The monoisotopic (exact) mass is 349 g/mol. The lowest BCUT2D eigenvalue weighted by Crippen LogP contribution is -2.20. The number of aryl methyl sites for hydroxylation is 1. The number of halogens is 1. The van der Waals surface area contributed by atoms with Crippen molar-refractivity contribution in [1.29, 1.82) is 0 Å². The second-order valence-corrected chi connectivity index (χ2v) is 4.75. The zero-order valence-corrected chi connectivity index (χ0v) is 13.2. The Kier molecular flexibility index (Phi) is 6.83. The predicted octanol–water partition coefficient (Wildman–Crippen LogP) is 2.71. The first-order valence-corrected chi connectivity index (χ1v) is 6.82. The van der Waals surface area contributed by atoms with Crippen molar-refractivity contribution in [1.82, 2.24) is 0 Å². The molecule has 2 aromatic rings. The molecule has 0 unspecified atom stereocenters. The quantitative estimate of drug-likeness (QED) is 0.497. The maximum absolute atomic E-state index is 13.0. The summed E-state index contributed by atoms with van der Waals surface area (Å²) in [5.74, 6) is -0.459. The zero-order chi connectivity index (χ0) is 19.0. The number of nitro benzene ring substituents is 1. The maximum Gasteiger partial charge on any atom is 0.323 e. The van der Waals surface area contributed by atoms with E-state index in [1.165, 1.54) is 36.4 Å². The lowest BCUT2D eigenvalue weighted by Gasteiger charge is -2.09. The molecule has 0 heterocycles. The topological polar surface area (TPSA) is 153 Å². The van der Waals surface area contributed by atoms with Gasteiger partial charge in [0.1, 0.15) is 5.82 Å². The lowest BCUT2D eigenvalue weighted by molar-refractivity contribution is -0.384. The van der Waals surface area contributed by atoms with Gasteiger partial charge in [0.05, 0.1) is 4.92 Å². The first-order valence-electron chi connectivity index (χ1n) is 6.82. The molecule has 4 amide bonds. The van der Waals surface area contributed by atoms with Gasteiger partial charge in [0.15, 0.2) is 0 Å². The van der Waals surface area contributed by atoms with E-state index in [1.54, 1.807) is 13.0 Å². The number of hydrogen-bond donors (Lipinski definition) is 4. The number of anilines is 2. The van der Waals surface area contributed by atoms with Gasteiger partial charge in [-0.05, 0) is 36.8 Å². The van der Waals surface area contributed by atoms with Crippen LogP contribution in [0.1, 0.15) is 5.56 Å². The van der Waals surface area contributed by atoms with E-state index in [2.05, 4.69) is 22.1 Å². The van der Waals surface area contributed by atoms with Gasteiger partial charge >= 0.3 is 12.1 Å². The number of nitrogens with zero attached hydrogens (tertiary/aromatic N) is 1. The summed E-state index contributed by atoms with van der Waals surface area (Å²) in [7, 11) is 0. The Morgan fingerprint density at radius 2 is 1.76 bits per heavy atom. The molecule has 6 N–H and O–H groups in total. The average molecular weight is 349 g/mol. The van der Waals surface area contributed by atoms with Crippen LogP contribution in [-0.4, -0.2) is 17.0 Å². The third kappa shape index (κ3) is 6.95.